The normalized spacial score (nSPS) is 19.9. The van der Waals surface area contributed by atoms with Crippen LogP contribution in [0.4, 0.5) is 10.5 Å². The topological polar surface area (TPSA) is 125 Å². The largest absolute Gasteiger partial charge is 0.454 e. The molecule has 27 heavy (non-hydrogen) atoms. The van der Waals surface area contributed by atoms with E-state index in [1.165, 1.54) is 38.3 Å². The molecule has 146 valence electrons. The van der Waals surface area contributed by atoms with Crippen LogP contribution in [0.1, 0.15) is 32.4 Å². The molecule has 10 nitrogen and oxygen atoms in total. The Morgan fingerprint density at radius 2 is 1.93 bits per heavy atom. The van der Waals surface area contributed by atoms with Crippen molar-refractivity contribution in [1.82, 2.24) is 4.90 Å². The molecule has 2 rings (SSSR count). The molecule has 2 atom stereocenters. The van der Waals surface area contributed by atoms with Crippen molar-refractivity contribution in [3.63, 3.8) is 0 Å². The summed E-state index contributed by atoms with van der Waals surface area (Å²) in [5.41, 5.74) is -0.991. The third kappa shape index (κ3) is 4.40. The van der Waals surface area contributed by atoms with Crippen LogP contribution in [0.2, 0.25) is 0 Å². The van der Waals surface area contributed by atoms with Gasteiger partial charge in [-0.3, -0.25) is 24.6 Å². The number of methoxy groups -OCH3 is 1. The summed E-state index contributed by atoms with van der Waals surface area (Å²) in [6, 6.07) is 5.26. The van der Waals surface area contributed by atoms with Crippen LogP contribution in [0, 0.1) is 10.1 Å². The van der Waals surface area contributed by atoms with Crippen LogP contribution in [-0.2, 0) is 23.8 Å². The second kappa shape index (κ2) is 7.70. The van der Waals surface area contributed by atoms with Gasteiger partial charge in [0.2, 0.25) is 0 Å². The van der Waals surface area contributed by atoms with Gasteiger partial charge in [-0.1, -0.05) is 0 Å². The maximum Gasteiger partial charge on any atom is 0.412 e. The molecular formula is C17H20N2O8. The predicted molar refractivity (Wildman–Crippen MR) is 90.7 cm³/mol. The quantitative estimate of drug-likeness (QED) is 0.441. The van der Waals surface area contributed by atoms with Crippen molar-refractivity contribution in [3.8, 4) is 0 Å². The van der Waals surface area contributed by atoms with Crippen molar-refractivity contribution in [3.05, 3.63) is 39.9 Å². The molecule has 1 aromatic rings. The molecule has 1 heterocycles. The number of amides is 1. The molecule has 1 saturated heterocycles. The first kappa shape index (κ1) is 20.3. The monoisotopic (exact) mass is 380 g/mol. The Morgan fingerprint density at radius 1 is 1.33 bits per heavy atom. The number of hydrogen-bond donors (Lipinski definition) is 0. The molecule has 1 aromatic carbocycles. The van der Waals surface area contributed by atoms with Crippen LogP contribution >= 0.6 is 0 Å². The second-order valence-corrected chi connectivity index (χ2v) is 6.39. The summed E-state index contributed by atoms with van der Waals surface area (Å²) < 4.78 is 15.7. The van der Waals surface area contributed by atoms with Gasteiger partial charge >= 0.3 is 12.1 Å². The highest BCUT2D eigenvalue weighted by molar-refractivity contribution is 5.90. The molecule has 0 aromatic heterocycles. The van der Waals surface area contributed by atoms with Gasteiger partial charge in [-0.25, -0.2) is 4.79 Å². The minimum atomic E-state index is -1.20. The van der Waals surface area contributed by atoms with Crippen molar-refractivity contribution >= 4 is 23.5 Å². The Kier molecular flexibility index (Phi) is 5.79. The number of carbonyl (C=O) groups is 3. The van der Waals surface area contributed by atoms with E-state index in [2.05, 4.69) is 4.74 Å². The number of ketones is 1. The Bertz CT molecular complexity index is 759. The first-order valence-corrected chi connectivity index (χ1v) is 8.04. The number of carbonyl (C=O) groups excluding carboxylic acids is 3. The summed E-state index contributed by atoms with van der Waals surface area (Å²) in [7, 11) is 1.19. The highest BCUT2D eigenvalue weighted by Gasteiger charge is 2.47. The minimum Gasteiger partial charge on any atom is -0.454 e. The zero-order valence-corrected chi connectivity index (χ0v) is 15.3. The zero-order chi connectivity index (χ0) is 20.4. The lowest BCUT2D eigenvalue weighted by Crippen LogP contribution is -2.61. The standard InChI is InChI=1S/C17H20N2O8/c1-10(20)26-14(11-5-7-12(8-6-11)19(23)24)15-13(21)9-18(16(22)25-4)17(2,3)27-15/h5-8,14-15H,9H2,1-4H3/t14-,15+/m0/s1. The maximum absolute atomic E-state index is 12.6. The summed E-state index contributed by atoms with van der Waals surface area (Å²) in [5, 5.41) is 10.8. The van der Waals surface area contributed by atoms with Crippen LogP contribution in [0.15, 0.2) is 24.3 Å². The smallest absolute Gasteiger partial charge is 0.412 e. The summed E-state index contributed by atoms with van der Waals surface area (Å²) in [6.45, 7) is 4.03. The summed E-state index contributed by atoms with van der Waals surface area (Å²) in [5.74, 6) is -1.15. The number of benzene rings is 1. The lowest BCUT2D eigenvalue weighted by Gasteiger charge is -2.45. The van der Waals surface area contributed by atoms with Crippen molar-refractivity contribution < 1.29 is 33.5 Å². The van der Waals surface area contributed by atoms with Gasteiger partial charge in [0.05, 0.1) is 18.6 Å². The van der Waals surface area contributed by atoms with E-state index in [9.17, 15) is 24.5 Å². The number of ether oxygens (including phenoxy) is 3. The number of Topliss-reactive ketones (excluding diaryl/α,β-unsaturated/α-hetero) is 1. The summed E-state index contributed by atoms with van der Waals surface area (Å²) >= 11 is 0. The van der Waals surface area contributed by atoms with Gasteiger partial charge < -0.3 is 14.2 Å². The second-order valence-electron chi connectivity index (χ2n) is 6.39. The van der Waals surface area contributed by atoms with Crippen molar-refractivity contribution in [2.45, 2.75) is 38.7 Å². The first-order chi connectivity index (χ1) is 12.6. The number of esters is 1. The molecule has 0 saturated carbocycles. The molecule has 0 spiro atoms. The molecule has 0 N–H and O–H groups in total. The number of nitro benzene ring substituents is 1. The van der Waals surface area contributed by atoms with Gasteiger partial charge in [0, 0.05) is 19.1 Å². The highest BCUT2D eigenvalue weighted by atomic mass is 16.6. The predicted octanol–water partition coefficient (Wildman–Crippen LogP) is 1.97. The van der Waals surface area contributed by atoms with Gasteiger partial charge in [-0.15, -0.1) is 0 Å². The first-order valence-electron chi connectivity index (χ1n) is 8.04. The van der Waals surface area contributed by atoms with E-state index in [1.54, 1.807) is 13.8 Å². The van der Waals surface area contributed by atoms with Crippen LogP contribution in [-0.4, -0.2) is 53.2 Å². The third-order valence-corrected chi connectivity index (χ3v) is 4.09. The van der Waals surface area contributed by atoms with E-state index in [1.807, 2.05) is 0 Å². The number of rotatable bonds is 4. The van der Waals surface area contributed by atoms with E-state index < -0.39 is 40.7 Å². The summed E-state index contributed by atoms with van der Waals surface area (Å²) in [6.07, 6.45) is -3.03. The molecule has 1 fully saturated rings. The average Bonchev–Trinajstić information content (AvgIpc) is 2.60. The molecule has 1 amide bonds. The van der Waals surface area contributed by atoms with Crippen LogP contribution in [0.3, 0.4) is 0 Å². The molecule has 0 radical (unpaired) electrons. The van der Waals surface area contributed by atoms with Crippen molar-refractivity contribution in [1.29, 1.82) is 0 Å². The fraction of sp³-hybridized carbons (Fsp3) is 0.471. The number of nitrogens with zero attached hydrogens (tertiary/aromatic N) is 2. The van der Waals surface area contributed by atoms with Crippen LogP contribution in [0.5, 0.6) is 0 Å². The van der Waals surface area contributed by atoms with Crippen molar-refractivity contribution in [2.75, 3.05) is 13.7 Å². The zero-order valence-electron chi connectivity index (χ0n) is 15.3. The Morgan fingerprint density at radius 3 is 2.41 bits per heavy atom. The van der Waals surface area contributed by atoms with Crippen LogP contribution in [0.25, 0.3) is 0 Å². The molecule has 1 aliphatic rings. The van der Waals surface area contributed by atoms with E-state index in [0.717, 1.165) is 4.90 Å². The Labute approximate surface area is 155 Å². The lowest BCUT2D eigenvalue weighted by molar-refractivity contribution is -0.384. The Balaban J connectivity index is 2.36. The fourth-order valence-electron chi connectivity index (χ4n) is 2.77. The molecular weight excluding hydrogens is 360 g/mol. The van der Waals surface area contributed by atoms with Crippen LogP contribution < -0.4 is 0 Å². The van der Waals surface area contributed by atoms with E-state index in [-0.39, 0.29) is 12.2 Å². The van der Waals surface area contributed by atoms with Crippen molar-refractivity contribution in [2.24, 2.45) is 0 Å². The highest BCUT2D eigenvalue weighted by Crippen LogP contribution is 2.34. The molecule has 0 aliphatic carbocycles. The molecule has 0 bridgehead atoms. The summed E-state index contributed by atoms with van der Waals surface area (Å²) in [4.78, 5) is 47.4. The van der Waals surface area contributed by atoms with E-state index in [0.29, 0.717) is 5.56 Å². The third-order valence-electron chi connectivity index (χ3n) is 4.09. The Hall–Kier alpha value is -3.01. The van der Waals surface area contributed by atoms with Gasteiger partial charge in [-0.2, -0.15) is 0 Å². The maximum atomic E-state index is 12.6. The average molecular weight is 380 g/mol. The van der Waals surface area contributed by atoms with E-state index >= 15 is 0 Å². The molecule has 1 aliphatic heterocycles. The van der Waals surface area contributed by atoms with Gasteiger partial charge in [0.1, 0.15) is 5.72 Å². The van der Waals surface area contributed by atoms with Gasteiger partial charge in [-0.05, 0) is 31.5 Å². The van der Waals surface area contributed by atoms with E-state index in [4.69, 9.17) is 9.47 Å². The van der Waals surface area contributed by atoms with Gasteiger partial charge in [0.15, 0.2) is 18.0 Å². The number of nitro groups is 1. The number of non-ortho nitro benzene ring substituents is 1. The minimum absolute atomic E-state index is 0.145. The fourth-order valence-corrected chi connectivity index (χ4v) is 2.77. The number of hydrogen-bond acceptors (Lipinski definition) is 8. The lowest BCUT2D eigenvalue weighted by atomic mass is 9.97. The molecule has 10 heteroatoms. The SMILES string of the molecule is COC(=O)N1CC(=O)[C@H]([C@@H](OC(C)=O)c2ccc([N+](=O)[O-])cc2)OC1(C)C. The van der Waals surface area contributed by atoms with Gasteiger partial charge in [0.25, 0.3) is 5.69 Å². The molecule has 0 unspecified atom stereocenters.